The molecule has 3 rings (SSSR count). The van der Waals surface area contributed by atoms with Crippen LogP contribution in [0, 0.1) is 6.92 Å². The first-order valence-electron chi connectivity index (χ1n) is 7.43. The van der Waals surface area contributed by atoms with E-state index in [1.165, 1.54) is 6.07 Å². The van der Waals surface area contributed by atoms with Crippen LogP contribution in [0.5, 0.6) is 0 Å². The average Bonchev–Trinajstić information content (AvgIpc) is 3.10. The fourth-order valence-corrected chi connectivity index (χ4v) is 2.45. The molecule has 2 N–H and O–H groups in total. The minimum absolute atomic E-state index is 0.215. The predicted octanol–water partition coefficient (Wildman–Crippen LogP) is 1.76. The van der Waals surface area contributed by atoms with Crippen LogP contribution in [0.2, 0.25) is 0 Å². The van der Waals surface area contributed by atoms with Crippen LogP contribution < -0.4 is 5.32 Å². The van der Waals surface area contributed by atoms with Crippen LogP contribution >= 0.6 is 0 Å². The van der Waals surface area contributed by atoms with Gasteiger partial charge in [0, 0.05) is 13.0 Å². The number of carbonyl (C=O) groups is 3. The highest BCUT2D eigenvalue weighted by Crippen LogP contribution is 2.26. The number of amides is 3. The lowest BCUT2D eigenvalue weighted by molar-refractivity contribution is -0.144. The Balaban J connectivity index is 1.61. The molecule has 0 saturated heterocycles. The van der Waals surface area contributed by atoms with E-state index < -0.39 is 35.7 Å². The first kappa shape index (κ1) is 17.6. The number of anilines is 1. The smallest absolute Gasteiger partial charge is 0.293 e. The molecule has 136 valence electrons. The first-order chi connectivity index (χ1) is 12.2. The van der Waals surface area contributed by atoms with Gasteiger partial charge in [-0.25, -0.2) is 0 Å². The number of benzene rings is 1. The second kappa shape index (κ2) is 6.24. The van der Waals surface area contributed by atoms with Crippen LogP contribution in [0.25, 0.3) is 0 Å². The molecule has 1 aliphatic heterocycles. The zero-order valence-electron chi connectivity index (χ0n) is 13.3. The summed E-state index contributed by atoms with van der Waals surface area (Å²) in [5.41, 5.74) is 1.33. The third-order valence-electron chi connectivity index (χ3n) is 3.69. The van der Waals surface area contributed by atoms with Gasteiger partial charge in [0.2, 0.25) is 17.7 Å². The van der Waals surface area contributed by atoms with E-state index in [1.807, 2.05) is 0 Å². The van der Waals surface area contributed by atoms with Gasteiger partial charge in [-0.1, -0.05) is 11.6 Å². The Hall–Kier alpha value is -3.24. The number of aromatic amines is 1. The number of hydrogen-bond acceptors (Lipinski definition) is 5. The minimum Gasteiger partial charge on any atom is -0.293 e. The molecule has 2 heterocycles. The Bertz CT molecular complexity index is 906. The molecule has 0 atom stereocenters. The zero-order chi connectivity index (χ0) is 19.1. The third-order valence-corrected chi connectivity index (χ3v) is 3.69. The summed E-state index contributed by atoms with van der Waals surface area (Å²) in [4.78, 5) is 40.3. The lowest BCUT2D eigenvalue weighted by Gasteiger charge is -2.12. The summed E-state index contributed by atoms with van der Waals surface area (Å²) < 4.78 is 37.2. The molecule has 0 aliphatic carbocycles. The van der Waals surface area contributed by atoms with Gasteiger partial charge >= 0.3 is 6.18 Å². The van der Waals surface area contributed by atoms with E-state index in [4.69, 9.17) is 0 Å². The van der Waals surface area contributed by atoms with Gasteiger partial charge in [-0.05, 0) is 19.1 Å². The number of aryl methyl sites for hydroxylation is 1. The molecule has 11 heteroatoms. The van der Waals surface area contributed by atoms with Crippen molar-refractivity contribution in [2.75, 3.05) is 11.9 Å². The van der Waals surface area contributed by atoms with E-state index in [-0.39, 0.29) is 24.1 Å². The van der Waals surface area contributed by atoms with Gasteiger partial charge in [-0.3, -0.25) is 29.7 Å². The van der Waals surface area contributed by atoms with Gasteiger partial charge in [-0.2, -0.15) is 18.2 Å². The molecule has 1 aromatic heterocycles. The molecule has 0 radical (unpaired) electrons. The predicted molar refractivity (Wildman–Crippen MR) is 81.2 cm³/mol. The normalized spacial score (nSPS) is 13.9. The molecule has 0 saturated carbocycles. The van der Waals surface area contributed by atoms with Gasteiger partial charge in [0.05, 0.1) is 11.1 Å². The van der Waals surface area contributed by atoms with Crippen LogP contribution in [0.4, 0.5) is 19.1 Å². The Labute approximate surface area is 144 Å². The van der Waals surface area contributed by atoms with Crippen LogP contribution in [0.3, 0.4) is 0 Å². The Morgan fingerprint density at radius 3 is 2.58 bits per heavy atom. The van der Waals surface area contributed by atoms with Crippen LogP contribution in [0.1, 0.15) is 38.5 Å². The summed E-state index contributed by atoms with van der Waals surface area (Å²) in [6, 6.07) is 4.82. The van der Waals surface area contributed by atoms with E-state index >= 15 is 0 Å². The molecule has 0 spiro atoms. The van der Waals surface area contributed by atoms with Crippen LogP contribution in [-0.4, -0.2) is 44.3 Å². The van der Waals surface area contributed by atoms with Crippen molar-refractivity contribution in [3.8, 4) is 0 Å². The van der Waals surface area contributed by atoms with Gasteiger partial charge in [0.15, 0.2) is 0 Å². The highest BCUT2D eigenvalue weighted by molar-refractivity contribution is 6.21. The summed E-state index contributed by atoms with van der Waals surface area (Å²) in [7, 11) is 0. The zero-order valence-corrected chi connectivity index (χ0v) is 13.3. The Kier molecular flexibility index (Phi) is 4.22. The molecule has 0 unspecified atom stereocenters. The average molecular weight is 367 g/mol. The molecule has 2 aromatic rings. The standard InChI is InChI=1S/C15H12F3N5O3/c1-7-2-3-8-9(6-7)12(26)23(11(8)25)5-4-10(24)19-14-20-13(21-22-14)15(16,17)18/h2-3,6H,4-5H2,1H3,(H2,19,20,21,22,24). The van der Waals surface area contributed by atoms with Gasteiger partial charge in [0.1, 0.15) is 0 Å². The Morgan fingerprint density at radius 1 is 1.23 bits per heavy atom. The molecule has 0 fully saturated rings. The number of alkyl halides is 3. The maximum atomic E-state index is 12.4. The van der Waals surface area contributed by atoms with Crippen molar-refractivity contribution >= 4 is 23.7 Å². The van der Waals surface area contributed by atoms with Gasteiger partial charge < -0.3 is 0 Å². The number of nitrogens with zero attached hydrogens (tertiary/aromatic N) is 3. The van der Waals surface area contributed by atoms with Crippen molar-refractivity contribution in [3.05, 3.63) is 40.7 Å². The van der Waals surface area contributed by atoms with E-state index in [9.17, 15) is 27.6 Å². The van der Waals surface area contributed by atoms with Crippen molar-refractivity contribution < 1.29 is 27.6 Å². The number of hydrogen-bond donors (Lipinski definition) is 2. The SMILES string of the molecule is Cc1ccc2c(c1)C(=O)N(CCC(=O)Nc1n[nH]c(C(F)(F)F)n1)C2=O. The molecule has 1 aromatic carbocycles. The summed E-state index contributed by atoms with van der Waals surface area (Å²) in [5.74, 6) is -3.65. The van der Waals surface area contributed by atoms with Crippen molar-refractivity contribution in [1.29, 1.82) is 0 Å². The highest BCUT2D eigenvalue weighted by Gasteiger charge is 2.36. The van der Waals surface area contributed by atoms with E-state index in [1.54, 1.807) is 24.2 Å². The molecule has 1 aliphatic rings. The van der Waals surface area contributed by atoms with Crippen molar-refractivity contribution in [2.24, 2.45) is 0 Å². The topological polar surface area (TPSA) is 108 Å². The van der Waals surface area contributed by atoms with E-state index in [0.29, 0.717) is 0 Å². The summed E-state index contributed by atoms with van der Waals surface area (Å²) in [6.07, 6.45) is -5.02. The lowest BCUT2D eigenvalue weighted by Crippen LogP contribution is -2.33. The number of carbonyl (C=O) groups excluding carboxylic acids is 3. The van der Waals surface area contributed by atoms with E-state index in [2.05, 4.69) is 15.4 Å². The van der Waals surface area contributed by atoms with Crippen LogP contribution in [0.15, 0.2) is 18.2 Å². The molecule has 3 amide bonds. The molecule has 8 nitrogen and oxygen atoms in total. The maximum absolute atomic E-state index is 12.4. The second-order valence-electron chi connectivity index (χ2n) is 5.61. The van der Waals surface area contributed by atoms with Crippen molar-refractivity contribution in [2.45, 2.75) is 19.5 Å². The van der Waals surface area contributed by atoms with Gasteiger partial charge in [0.25, 0.3) is 11.8 Å². The number of imide groups is 1. The van der Waals surface area contributed by atoms with E-state index in [0.717, 1.165) is 10.5 Å². The fraction of sp³-hybridized carbons (Fsp3) is 0.267. The molecule has 0 bridgehead atoms. The fourth-order valence-electron chi connectivity index (χ4n) is 2.45. The number of halogens is 3. The second-order valence-corrected chi connectivity index (χ2v) is 5.61. The minimum atomic E-state index is -4.71. The number of aromatic nitrogens is 3. The summed E-state index contributed by atoms with van der Waals surface area (Å²) in [6.45, 7) is 1.56. The maximum Gasteiger partial charge on any atom is 0.451 e. The van der Waals surface area contributed by atoms with Crippen molar-refractivity contribution in [3.63, 3.8) is 0 Å². The number of nitrogens with one attached hydrogen (secondary N) is 2. The van der Waals surface area contributed by atoms with Crippen molar-refractivity contribution in [1.82, 2.24) is 20.1 Å². The number of H-pyrrole nitrogens is 1. The number of fused-ring (bicyclic) bond motifs is 1. The number of rotatable bonds is 4. The molecule has 26 heavy (non-hydrogen) atoms. The summed E-state index contributed by atoms with van der Waals surface area (Å²) in [5, 5.41) is 6.98. The lowest BCUT2D eigenvalue weighted by atomic mass is 10.1. The molecular formula is C15H12F3N5O3. The Morgan fingerprint density at radius 2 is 1.92 bits per heavy atom. The largest absolute Gasteiger partial charge is 0.451 e. The highest BCUT2D eigenvalue weighted by atomic mass is 19.4. The molecular weight excluding hydrogens is 355 g/mol. The summed E-state index contributed by atoms with van der Waals surface area (Å²) >= 11 is 0. The van der Waals surface area contributed by atoms with Crippen LogP contribution in [-0.2, 0) is 11.0 Å². The quantitative estimate of drug-likeness (QED) is 0.801. The monoisotopic (exact) mass is 367 g/mol. The first-order valence-corrected chi connectivity index (χ1v) is 7.43. The van der Waals surface area contributed by atoms with Gasteiger partial charge in [-0.15, -0.1) is 5.10 Å². The third kappa shape index (κ3) is 3.27.